The number of amides is 1. The summed E-state index contributed by atoms with van der Waals surface area (Å²) >= 11 is 0. The van der Waals surface area contributed by atoms with E-state index in [4.69, 9.17) is 14.2 Å². The fourth-order valence-electron chi connectivity index (χ4n) is 4.41. The molecule has 0 N–H and O–H groups in total. The Morgan fingerprint density at radius 1 is 0.971 bits per heavy atom. The summed E-state index contributed by atoms with van der Waals surface area (Å²) < 4.78 is 57.3. The zero-order chi connectivity index (χ0) is 25.2. The first kappa shape index (κ1) is 24.4. The third-order valence-corrected chi connectivity index (χ3v) is 6.09. The number of rotatable bonds is 6. The first-order chi connectivity index (χ1) is 16.7. The number of para-hydroxylation sites is 1. The van der Waals surface area contributed by atoms with E-state index in [0.29, 0.717) is 41.3 Å². The van der Waals surface area contributed by atoms with Gasteiger partial charge in [-0.3, -0.25) is 4.79 Å². The maximum atomic E-state index is 13.6. The Kier molecular flexibility index (Phi) is 6.91. The number of methoxy groups -OCH3 is 2. The first-order valence-corrected chi connectivity index (χ1v) is 11.2. The van der Waals surface area contributed by atoms with Crippen molar-refractivity contribution in [3.8, 4) is 17.2 Å². The zero-order valence-corrected chi connectivity index (χ0v) is 19.6. The predicted octanol–water partition coefficient (Wildman–Crippen LogP) is 5.66. The van der Waals surface area contributed by atoms with Gasteiger partial charge in [-0.25, -0.2) is 0 Å². The topological polar surface area (TPSA) is 48.0 Å². The molecule has 184 valence electrons. The molecule has 2 unspecified atom stereocenters. The van der Waals surface area contributed by atoms with Gasteiger partial charge < -0.3 is 19.1 Å². The van der Waals surface area contributed by atoms with E-state index in [1.165, 1.54) is 20.3 Å². The molecule has 1 amide bonds. The van der Waals surface area contributed by atoms with Crippen LogP contribution in [0.2, 0.25) is 0 Å². The van der Waals surface area contributed by atoms with Crippen LogP contribution in [0.1, 0.15) is 35.2 Å². The van der Waals surface area contributed by atoms with Crippen LogP contribution in [-0.4, -0.2) is 37.7 Å². The highest BCUT2D eigenvalue weighted by atomic mass is 19.4. The molecule has 3 aromatic rings. The molecule has 4 rings (SSSR count). The van der Waals surface area contributed by atoms with Crippen molar-refractivity contribution < 1.29 is 32.2 Å². The number of halogens is 3. The average Bonchev–Trinajstić information content (AvgIpc) is 2.86. The van der Waals surface area contributed by atoms with Gasteiger partial charge in [-0.1, -0.05) is 30.3 Å². The number of alkyl halides is 3. The molecule has 0 bridgehead atoms. The summed E-state index contributed by atoms with van der Waals surface area (Å²) in [6.45, 7) is 1.95. The molecule has 35 heavy (non-hydrogen) atoms. The highest BCUT2D eigenvalue weighted by Crippen LogP contribution is 2.42. The molecular weight excluding hydrogens is 459 g/mol. The quantitative estimate of drug-likeness (QED) is 0.452. The lowest BCUT2D eigenvalue weighted by atomic mass is 9.86. The van der Waals surface area contributed by atoms with Crippen molar-refractivity contribution in [1.82, 2.24) is 4.90 Å². The van der Waals surface area contributed by atoms with Crippen LogP contribution in [0.5, 0.6) is 17.2 Å². The standard InChI is InChI=1S/C27H26F3NO4/c1-17(35-21-10-5-4-6-11-21)26(32)31-13-12-18-15-23(33-2)24(34-3)16-22(18)25(31)19-8-7-9-20(14-19)27(28,29)30/h4-11,14-17,25H,12-13H2,1-3H3. The van der Waals surface area contributed by atoms with E-state index in [1.807, 2.05) is 12.1 Å². The number of benzene rings is 3. The molecule has 0 radical (unpaired) electrons. The molecule has 0 saturated heterocycles. The summed E-state index contributed by atoms with van der Waals surface area (Å²) in [7, 11) is 3.01. The maximum absolute atomic E-state index is 13.6. The largest absolute Gasteiger partial charge is 0.493 e. The van der Waals surface area contributed by atoms with Gasteiger partial charge in [0.15, 0.2) is 17.6 Å². The van der Waals surface area contributed by atoms with E-state index in [1.54, 1.807) is 48.2 Å². The van der Waals surface area contributed by atoms with Gasteiger partial charge in [-0.05, 0) is 66.4 Å². The van der Waals surface area contributed by atoms with Gasteiger partial charge in [-0.15, -0.1) is 0 Å². The number of hydrogen-bond donors (Lipinski definition) is 0. The second-order valence-corrected chi connectivity index (χ2v) is 8.29. The SMILES string of the molecule is COc1cc2c(cc1OC)C(c1cccc(C(F)(F)F)c1)N(C(=O)C(C)Oc1ccccc1)CC2. The normalized spacial score (nSPS) is 16.3. The lowest BCUT2D eigenvalue weighted by molar-refractivity contribution is -0.140. The van der Waals surface area contributed by atoms with E-state index in [2.05, 4.69) is 0 Å². The van der Waals surface area contributed by atoms with Gasteiger partial charge >= 0.3 is 6.18 Å². The smallest absolute Gasteiger partial charge is 0.416 e. The van der Waals surface area contributed by atoms with Gasteiger partial charge in [0.1, 0.15) is 5.75 Å². The minimum atomic E-state index is -4.51. The van der Waals surface area contributed by atoms with E-state index in [9.17, 15) is 18.0 Å². The van der Waals surface area contributed by atoms with E-state index in [0.717, 1.165) is 17.7 Å². The summed E-state index contributed by atoms with van der Waals surface area (Å²) in [5.41, 5.74) is 1.15. The molecule has 0 fully saturated rings. The minimum absolute atomic E-state index is 0.310. The van der Waals surface area contributed by atoms with Crippen molar-refractivity contribution in [2.75, 3.05) is 20.8 Å². The number of hydrogen-bond acceptors (Lipinski definition) is 4. The van der Waals surface area contributed by atoms with Crippen molar-refractivity contribution in [2.45, 2.75) is 31.7 Å². The highest BCUT2D eigenvalue weighted by Gasteiger charge is 2.37. The third kappa shape index (κ3) is 5.06. The number of nitrogens with zero attached hydrogens (tertiary/aromatic N) is 1. The van der Waals surface area contributed by atoms with Gasteiger partial charge in [0.25, 0.3) is 5.91 Å². The van der Waals surface area contributed by atoms with E-state index in [-0.39, 0.29) is 5.91 Å². The van der Waals surface area contributed by atoms with E-state index >= 15 is 0 Å². The number of carbonyl (C=O) groups is 1. The van der Waals surface area contributed by atoms with Gasteiger partial charge in [0.05, 0.1) is 25.8 Å². The molecule has 0 aliphatic carbocycles. The Morgan fingerprint density at radius 2 is 1.66 bits per heavy atom. The van der Waals surface area contributed by atoms with Crippen molar-refractivity contribution in [2.24, 2.45) is 0 Å². The van der Waals surface area contributed by atoms with Crippen LogP contribution in [0, 0.1) is 0 Å². The lowest BCUT2D eigenvalue weighted by Crippen LogP contribution is -2.46. The number of carbonyl (C=O) groups excluding carboxylic acids is 1. The van der Waals surface area contributed by atoms with Gasteiger partial charge in [0, 0.05) is 6.54 Å². The van der Waals surface area contributed by atoms with Crippen LogP contribution in [0.4, 0.5) is 13.2 Å². The van der Waals surface area contributed by atoms with Crippen LogP contribution in [0.25, 0.3) is 0 Å². The highest BCUT2D eigenvalue weighted by molar-refractivity contribution is 5.82. The Labute approximate surface area is 202 Å². The van der Waals surface area contributed by atoms with Crippen LogP contribution < -0.4 is 14.2 Å². The zero-order valence-electron chi connectivity index (χ0n) is 19.6. The monoisotopic (exact) mass is 485 g/mol. The summed E-state index contributed by atoms with van der Waals surface area (Å²) in [6.07, 6.45) is -4.84. The molecule has 0 saturated carbocycles. The lowest BCUT2D eigenvalue weighted by Gasteiger charge is -2.39. The third-order valence-electron chi connectivity index (χ3n) is 6.09. The molecule has 8 heteroatoms. The second-order valence-electron chi connectivity index (χ2n) is 8.29. The van der Waals surface area contributed by atoms with Crippen LogP contribution in [0.3, 0.4) is 0 Å². The van der Waals surface area contributed by atoms with Gasteiger partial charge in [0.2, 0.25) is 0 Å². The van der Waals surface area contributed by atoms with Crippen molar-refractivity contribution in [1.29, 1.82) is 0 Å². The van der Waals surface area contributed by atoms with Gasteiger partial charge in [-0.2, -0.15) is 13.2 Å². The minimum Gasteiger partial charge on any atom is -0.493 e. The van der Waals surface area contributed by atoms with Crippen LogP contribution in [0.15, 0.2) is 66.7 Å². The molecule has 0 aromatic heterocycles. The number of fused-ring (bicyclic) bond motifs is 1. The fraction of sp³-hybridized carbons (Fsp3) is 0.296. The van der Waals surface area contributed by atoms with Crippen LogP contribution in [-0.2, 0) is 17.4 Å². The van der Waals surface area contributed by atoms with E-state index < -0.39 is 23.9 Å². The van der Waals surface area contributed by atoms with Crippen LogP contribution >= 0.6 is 0 Å². The number of ether oxygens (including phenoxy) is 3. The van der Waals surface area contributed by atoms with Crippen molar-refractivity contribution in [3.05, 3.63) is 89.0 Å². The Hall–Kier alpha value is -3.68. The summed E-state index contributed by atoms with van der Waals surface area (Å²) in [5, 5.41) is 0. The predicted molar refractivity (Wildman–Crippen MR) is 125 cm³/mol. The molecular formula is C27H26F3NO4. The maximum Gasteiger partial charge on any atom is 0.416 e. The Bertz CT molecular complexity index is 1200. The second kappa shape index (κ2) is 9.90. The Morgan fingerprint density at radius 3 is 2.31 bits per heavy atom. The average molecular weight is 486 g/mol. The molecule has 5 nitrogen and oxygen atoms in total. The van der Waals surface area contributed by atoms with Crippen molar-refractivity contribution >= 4 is 5.91 Å². The molecule has 2 atom stereocenters. The molecule has 1 aliphatic rings. The summed E-state index contributed by atoms with van der Waals surface area (Å²) in [6, 6.07) is 16.8. The summed E-state index contributed by atoms with van der Waals surface area (Å²) in [4.78, 5) is 15.2. The molecule has 0 spiro atoms. The summed E-state index contributed by atoms with van der Waals surface area (Å²) in [5.74, 6) is 1.17. The first-order valence-electron chi connectivity index (χ1n) is 11.2. The fourth-order valence-corrected chi connectivity index (χ4v) is 4.41. The molecule has 3 aromatic carbocycles. The molecule has 1 heterocycles. The van der Waals surface area contributed by atoms with Crippen molar-refractivity contribution in [3.63, 3.8) is 0 Å². The molecule has 1 aliphatic heterocycles. The Balaban J connectivity index is 1.79.